The highest BCUT2D eigenvalue weighted by Crippen LogP contribution is 2.43. The van der Waals surface area contributed by atoms with Gasteiger partial charge in [-0.1, -0.05) is 33.3 Å². The molecule has 0 radical (unpaired) electrons. The van der Waals surface area contributed by atoms with E-state index in [0.717, 1.165) is 29.9 Å². The van der Waals surface area contributed by atoms with Crippen molar-refractivity contribution in [3.8, 4) is 0 Å². The number of rotatable bonds is 4. The summed E-state index contributed by atoms with van der Waals surface area (Å²) in [6.45, 7) is 8.62. The van der Waals surface area contributed by atoms with Crippen molar-refractivity contribution in [1.29, 1.82) is 0 Å². The Kier molecular flexibility index (Phi) is 5.27. The summed E-state index contributed by atoms with van der Waals surface area (Å²) in [6.07, 6.45) is 3.07. The van der Waals surface area contributed by atoms with Crippen molar-refractivity contribution in [1.82, 2.24) is 5.01 Å². The summed E-state index contributed by atoms with van der Waals surface area (Å²) in [5.41, 5.74) is 0.970. The minimum atomic E-state index is -0.950. The molecule has 2 unspecified atom stereocenters. The molecule has 4 nitrogen and oxygen atoms in total. The summed E-state index contributed by atoms with van der Waals surface area (Å²) in [5.74, 6) is 0.549. The van der Waals surface area contributed by atoms with Crippen LogP contribution in [-0.2, 0) is 0 Å². The van der Waals surface area contributed by atoms with Gasteiger partial charge in [-0.3, -0.25) is 0 Å². The molecule has 0 bridgehead atoms. The molecule has 1 heterocycles. The van der Waals surface area contributed by atoms with E-state index < -0.39 is 6.09 Å². The molecule has 1 aliphatic carbocycles. The quantitative estimate of drug-likeness (QED) is 0.622. The second-order valence-corrected chi connectivity index (χ2v) is 7.80. The van der Waals surface area contributed by atoms with Crippen molar-refractivity contribution >= 4 is 23.1 Å². The first-order valence-corrected chi connectivity index (χ1v) is 8.82. The maximum absolute atomic E-state index is 11.7. The van der Waals surface area contributed by atoms with Gasteiger partial charge in [0, 0.05) is 0 Å². The maximum atomic E-state index is 11.7. The van der Waals surface area contributed by atoms with E-state index in [9.17, 15) is 9.90 Å². The molecule has 2 atom stereocenters. The molecule has 22 heavy (non-hydrogen) atoms. The Morgan fingerprint density at radius 2 is 2.27 bits per heavy atom. The van der Waals surface area contributed by atoms with E-state index in [1.807, 2.05) is 24.4 Å². The Labute approximate surface area is 136 Å². The molecule has 0 aliphatic heterocycles. The minimum Gasteiger partial charge on any atom is -0.464 e. The number of carbonyl (C=O) groups is 1. The Morgan fingerprint density at radius 3 is 2.82 bits per heavy atom. The van der Waals surface area contributed by atoms with Crippen molar-refractivity contribution in [3.05, 3.63) is 22.4 Å². The average molecular weight is 322 g/mol. The number of hydrazone groups is 1. The number of nitrogens with zero attached hydrogens (tertiary/aromatic N) is 2. The van der Waals surface area contributed by atoms with Crippen LogP contribution in [0.2, 0.25) is 0 Å². The molecular weight excluding hydrogens is 296 g/mol. The lowest BCUT2D eigenvalue weighted by atomic mass is 9.67. The molecule has 1 fully saturated rings. The van der Waals surface area contributed by atoms with Crippen LogP contribution in [0.5, 0.6) is 0 Å². The summed E-state index contributed by atoms with van der Waals surface area (Å²) in [4.78, 5) is 12.7. The molecule has 0 saturated heterocycles. The van der Waals surface area contributed by atoms with Crippen LogP contribution in [0.25, 0.3) is 0 Å². The third kappa shape index (κ3) is 3.69. The van der Waals surface area contributed by atoms with Crippen LogP contribution in [0.15, 0.2) is 22.6 Å². The molecule has 2 rings (SSSR count). The van der Waals surface area contributed by atoms with Gasteiger partial charge < -0.3 is 5.11 Å². The second kappa shape index (κ2) is 6.82. The number of hydrogen-bond acceptors (Lipinski definition) is 3. The zero-order chi connectivity index (χ0) is 16.3. The summed E-state index contributed by atoms with van der Waals surface area (Å²) >= 11 is 1.59. The third-order valence-corrected chi connectivity index (χ3v) is 6.04. The first-order chi connectivity index (χ1) is 10.3. The first-order valence-electron chi connectivity index (χ1n) is 7.95. The fourth-order valence-electron chi connectivity index (χ4n) is 3.19. The Bertz CT molecular complexity index is 539. The molecule has 1 amide bonds. The van der Waals surface area contributed by atoms with Crippen LogP contribution in [-0.4, -0.2) is 28.0 Å². The topological polar surface area (TPSA) is 52.9 Å². The van der Waals surface area contributed by atoms with Crippen LogP contribution < -0.4 is 0 Å². The van der Waals surface area contributed by atoms with E-state index in [0.29, 0.717) is 5.92 Å². The summed E-state index contributed by atoms with van der Waals surface area (Å²) in [7, 11) is 0. The highest BCUT2D eigenvalue weighted by atomic mass is 32.1. The molecule has 0 spiro atoms. The molecular formula is C17H26N2O2S. The van der Waals surface area contributed by atoms with Crippen LogP contribution in [0.3, 0.4) is 0 Å². The van der Waals surface area contributed by atoms with E-state index in [-0.39, 0.29) is 11.5 Å². The zero-order valence-corrected chi connectivity index (χ0v) is 14.7. The van der Waals surface area contributed by atoms with Crippen LogP contribution in [0.4, 0.5) is 4.79 Å². The van der Waals surface area contributed by atoms with E-state index in [2.05, 4.69) is 25.9 Å². The predicted octanol–water partition coefficient (Wildman–Crippen LogP) is 5.06. The van der Waals surface area contributed by atoms with E-state index >= 15 is 0 Å². The fourth-order valence-corrected chi connectivity index (χ4v) is 3.87. The Morgan fingerprint density at radius 1 is 1.55 bits per heavy atom. The molecule has 0 aromatic carbocycles. The number of hydrogen-bond donors (Lipinski definition) is 1. The predicted molar refractivity (Wildman–Crippen MR) is 91.6 cm³/mol. The lowest BCUT2D eigenvalue weighted by Crippen LogP contribution is -2.43. The van der Waals surface area contributed by atoms with Gasteiger partial charge >= 0.3 is 6.09 Å². The highest BCUT2D eigenvalue weighted by Gasteiger charge is 2.38. The molecule has 1 N–H and O–H groups in total. The number of thiophene rings is 1. The van der Waals surface area contributed by atoms with Gasteiger partial charge in [0.25, 0.3) is 0 Å². The standard InChI is InChI=1S/C17H26N2O2S/c1-12(2)17(4)9-5-7-14(11-17)19(16(20)21)18-13(3)15-8-6-10-22-15/h6,8,10,12,14H,5,7,9,11H2,1-4H3,(H,20,21). The molecule has 1 aliphatic rings. The van der Waals surface area contributed by atoms with Gasteiger partial charge in [0.2, 0.25) is 0 Å². The molecule has 1 aromatic heterocycles. The lowest BCUT2D eigenvalue weighted by molar-refractivity contribution is 0.0542. The zero-order valence-electron chi connectivity index (χ0n) is 13.9. The molecule has 1 aromatic rings. The molecule has 1 saturated carbocycles. The third-order valence-electron chi connectivity index (χ3n) is 5.06. The minimum absolute atomic E-state index is 0.0198. The van der Waals surface area contributed by atoms with E-state index in [1.54, 1.807) is 11.3 Å². The van der Waals surface area contributed by atoms with E-state index in [4.69, 9.17) is 0 Å². The van der Waals surface area contributed by atoms with Gasteiger partial charge in [-0.15, -0.1) is 11.3 Å². The van der Waals surface area contributed by atoms with Crippen LogP contribution in [0, 0.1) is 11.3 Å². The Hall–Kier alpha value is -1.36. The molecule has 122 valence electrons. The monoisotopic (exact) mass is 322 g/mol. The largest absolute Gasteiger partial charge is 0.464 e. The van der Waals surface area contributed by atoms with Crippen molar-refractivity contribution in [2.24, 2.45) is 16.4 Å². The summed E-state index contributed by atoms with van der Waals surface area (Å²) in [6, 6.07) is 3.91. The van der Waals surface area contributed by atoms with Crippen molar-refractivity contribution in [3.63, 3.8) is 0 Å². The van der Waals surface area contributed by atoms with Gasteiger partial charge in [0.15, 0.2) is 0 Å². The van der Waals surface area contributed by atoms with Gasteiger partial charge in [0.05, 0.1) is 16.6 Å². The first kappa shape index (κ1) is 17.0. The number of carboxylic acid groups (broad SMARTS) is 1. The Balaban J connectivity index is 2.21. The molecule has 5 heteroatoms. The fraction of sp³-hybridized carbons (Fsp3) is 0.647. The van der Waals surface area contributed by atoms with Gasteiger partial charge in [-0.05, 0) is 49.0 Å². The average Bonchev–Trinajstić information content (AvgIpc) is 2.98. The maximum Gasteiger partial charge on any atom is 0.428 e. The van der Waals surface area contributed by atoms with Gasteiger partial charge in [-0.25, -0.2) is 4.79 Å². The highest BCUT2D eigenvalue weighted by molar-refractivity contribution is 7.12. The SMILES string of the molecule is CC(=NN(C(=O)O)C1CCCC(C)(C(C)C)C1)c1cccs1. The lowest BCUT2D eigenvalue weighted by Gasteiger charge is -2.43. The van der Waals surface area contributed by atoms with Crippen LogP contribution >= 0.6 is 11.3 Å². The van der Waals surface area contributed by atoms with Crippen molar-refractivity contribution in [2.45, 2.75) is 59.4 Å². The summed E-state index contributed by atoms with van der Waals surface area (Å²) in [5, 5.41) is 17.3. The number of amides is 1. The smallest absolute Gasteiger partial charge is 0.428 e. The van der Waals surface area contributed by atoms with Gasteiger partial charge in [0.1, 0.15) is 0 Å². The second-order valence-electron chi connectivity index (χ2n) is 6.85. The summed E-state index contributed by atoms with van der Waals surface area (Å²) < 4.78 is 0. The van der Waals surface area contributed by atoms with Crippen LogP contribution in [0.1, 0.15) is 58.3 Å². The van der Waals surface area contributed by atoms with Gasteiger partial charge in [-0.2, -0.15) is 10.1 Å². The normalized spacial score (nSPS) is 26.2. The van der Waals surface area contributed by atoms with Crippen molar-refractivity contribution in [2.75, 3.05) is 0 Å². The van der Waals surface area contributed by atoms with Crippen molar-refractivity contribution < 1.29 is 9.90 Å². The van der Waals surface area contributed by atoms with E-state index in [1.165, 1.54) is 11.4 Å².